The molecule has 3 heterocycles. The van der Waals surface area contributed by atoms with Crippen molar-refractivity contribution in [2.24, 2.45) is 0 Å². The lowest BCUT2D eigenvalue weighted by Crippen LogP contribution is -2.23. The predicted octanol–water partition coefficient (Wildman–Crippen LogP) is 5.84. The third kappa shape index (κ3) is 2.88. The van der Waals surface area contributed by atoms with Crippen LogP contribution in [-0.4, -0.2) is 21.4 Å². The number of hydrogen-bond acceptors (Lipinski definition) is 4. The Labute approximate surface area is 161 Å². The molecule has 1 fully saturated rings. The fourth-order valence-corrected chi connectivity index (χ4v) is 5.14. The maximum atomic E-state index is 6.49. The van der Waals surface area contributed by atoms with E-state index in [0.29, 0.717) is 11.2 Å². The molecule has 0 saturated carbocycles. The second kappa shape index (κ2) is 6.62. The SMILES string of the molecule is Clc1nc2ccccc2cc1CN1CCC[C@H]1c1nc2ccccc2s1. The first kappa shape index (κ1) is 16.2. The van der Waals surface area contributed by atoms with Crippen molar-refractivity contribution in [3.63, 3.8) is 0 Å². The number of para-hydroxylation sites is 2. The monoisotopic (exact) mass is 379 g/mol. The Morgan fingerprint density at radius 3 is 2.73 bits per heavy atom. The van der Waals surface area contributed by atoms with Crippen LogP contribution >= 0.6 is 22.9 Å². The molecular weight excluding hydrogens is 362 g/mol. The molecule has 0 bridgehead atoms. The molecule has 0 aliphatic carbocycles. The van der Waals surface area contributed by atoms with Crippen LogP contribution in [0.5, 0.6) is 0 Å². The van der Waals surface area contributed by atoms with E-state index < -0.39 is 0 Å². The molecule has 0 N–H and O–H groups in total. The maximum Gasteiger partial charge on any atom is 0.134 e. The van der Waals surface area contributed by atoms with Gasteiger partial charge in [0.05, 0.1) is 21.8 Å². The van der Waals surface area contributed by atoms with Crippen molar-refractivity contribution in [2.45, 2.75) is 25.4 Å². The molecule has 26 heavy (non-hydrogen) atoms. The van der Waals surface area contributed by atoms with Gasteiger partial charge >= 0.3 is 0 Å². The van der Waals surface area contributed by atoms with E-state index in [4.69, 9.17) is 16.6 Å². The molecule has 130 valence electrons. The molecule has 1 saturated heterocycles. The smallest absolute Gasteiger partial charge is 0.134 e. The minimum absolute atomic E-state index is 0.370. The van der Waals surface area contributed by atoms with E-state index in [-0.39, 0.29) is 0 Å². The minimum Gasteiger partial charge on any atom is -0.290 e. The van der Waals surface area contributed by atoms with E-state index in [9.17, 15) is 0 Å². The van der Waals surface area contributed by atoms with Crippen LogP contribution in [0.2, 0.25) is 5.15 Å². The summed E-state index contributed by atoms with van der Waals surface area (Å²) in [5.74, 6) is 0. The Hall–Kier alpha value is -2.01. The topological polar surface area (TPSA) is 29.0 Å². The fraction of sp³-hybridized carbons (Fsp3) is 0.238. The molecule has 5 heteroatoms. The number of benzene rings is 2. The zero-order valence-corrected chi connectivity index (χ0v) is 15.8. The van der Waals surface area contributed by atoms with Crippen LogP contribution in [0.25, 0.3) is 21.1 Å². The Morgan fingerprint density at radius 1 is 1.04 bits per heavy atom. The number of rotatable bonds is 3. The molecule has 1 atom stereocenters. The van der Waals surface area contributed by atoms with E-state index in [2.05, 4.69) is 46.3 Å². The van der Waals surface area contributed by atoms with Gasteiger partial charge in [-0.25, -0.2) is 9.97 Å². The predicted molar refractivity (Wildman–Crippen MR) is 109 cm³/mol. The van der Waals surface area contributed by atoms with Gasteiger partial charge in [0.25, 0.3) is 0 Å². The summed E-state index contributed by atoms with van der Waals surface area (Å²) in [5, 5.41) is 2.97. The van der Waals surface area contributed by atoms with Crippen LogP contribution in [0.1, 0.15) is 29.5 Å². The highest BCUT2D eigenvalue weighted by atomic mass is 35.5. The first-order valence-electron chi connectivity index (χ1n) is 8.91. The summed E-state index contributed by atoms with van der Waals surface area (Å²) < 4.78 is 1.26. The Morgan fingerprint density at radius 2 is 1.85 bits per heavy atom. The van der Waals surface area contributed by atoms with Gasteiger partial charge in [0.2, 0.25) is 0 Å². The molecule has 3 nitrogen and oxygen atoms in total. The number of thiazole rings is 1. The summed E-state index contributed by atoms with van der Waals surface area (Å²) in [6.45, 7) is 1.89. The van der Waals surface area contributed by atoms with Gasteiger partial charge in [0.1, 0.15) is 10.2 Å². The fourth-order valence-electron chi connectivity index (χ4n) is 3.79. The van der Waals surface area contributed by atoms with Gasteiger partial charge < -0.3 is 0 Å². The summed E-state index contributed by atoms with van der Waals surface area (Å²) in [5.41, 5.74) is 3.15. The number of nitrogens with zero attached hydrogens (tertiary/aromatic N) is 3. The first-order valence-corrected chi connectivity index (χ1v) is 10.1. The first-order chi connectivity index (χ1) is 12.8. The van der Waals surface area contributed by atoms with Crippen LogP contribution in [0.15, 0.2) is 54.6 Å². The maximum absolute atomic E-state index is 6.49. The van der Waals surface area contributed by atoms with Crippen LogP contribution in [-0.2, 0) is 6.54 Å². The van der Waals surface area contributed by atoms with Crippen LogP contribution < -0.4 is 0 Å². The number of likely N-dealkylation sites (tertiary alicyclic amines) is 1. The lowest BCUT2D eigenvalue weighted by molar-refractivity contribution is 0.248. The van der Waals surface area contributed by atoms with Crippen molar-refractivity contribution in [1.29, 1.82) is 0 Å². The van der Waals surface area contributed by atoms with Gasteiger partial charge in [-0.2, -0.15) is 0 Å². The number of hydrogen-bond donors (Lipinski definition) is 0. The second-order valence-electron chi connectivity index (χ2n) is 6.78. The van der Waals surface area contributed by atoms with Gasteiger partial charge in [-0.3, -0.25) is 4.90 Å². The van der Waals surface area contributed by atoms with E-state index in [1.54, 1.807) is 0 Å². The molecule has 1 aliphatic rings. The molecular formula is C21H18ClN3S. The summed E-state index contributed by atoms with van der Waals surface area (Å²) in [6.07, 6.45) is 2.34. The summed E-state index contributed by atoms with van der Waals surface area (Å²) >= 11 is 8.30. The van der Waals surface area contributed by atoms with Crippen LogP contribution in [0, 0.1) is 0 Å². The number of halogens is 1. The van der Waals surface area contributed by atoms with Crippen LogP contribution in [0.4, 0.5) is 0 Å². The Bertz CT molecular complexity index is 1060. The molecule has 1 aliphatic heterocycles. The average molecular weight is 380 g/mol. The van der Waals surface area contributed by atoms with Crippen molar-refractivity contribution in [1.82, 2.24) is 14.9 Å². The largest absolute Gasteiger partial charge is 0.290 e. The quantitative estimate of drug-likeness (QED) is 0.419. The molecule has 2 aromatic carbocycles. The number of fused-ring (bicyclic) bond motifs is 2. The van der Waals surface area contributed by atoms with E-state index in [0.717, 1.165) is 41.5 Å². The van der Waals surface area contributed by atoms with Crippen molar-refractivity contribution >= 4 is 44.1 Å². The lowest BCUT2D eigenvalue weighted by atomic mass is 10.1. The van der Waals surface area contributed by atoms with Gasteiger partial charge in [0.15, 0.2) is 0 Å². The van der Waals surface area contributed by atoms with Crippen molar-refractivity contribution in [3.8, 4) is 0 Å². The lowest BCUT2D eigenvalue weighted by Gasteiger charge is -2.23. The van der Waals surface area contributed by atoms with Crippen molar-refractivity contribution in [2.75, 3.05) is 6.54 Å². The Balaban J connectivity index is 1.46. The van der Waals surface area contributed by atoms with E-state index in [1.165, 1.54) is 16.1 Å². The number of pyridine rings is 1. The standard InChI is InChI=1S/C21H18ClN3S/c22-20-15(12-14-6-1-2-7-16(14)23-20)13-25-11-5-9-18(25)21-24-17-8-3-4-10-19(17)26-21/h1-4,6-8,10,12,18H,5,9,11,13H2/t18-/m0/s1. The molecule has 0 radical (unpaired) electrons. The van der Waals surface area contributed by atoms with Gasteiger partial charge in [-0.15, -0.1) is 11.3 Å². The third-order valence-corrected chi connectivity index (χ3v) is 6.55. The molecule has 0 spiro atoms. The van der Waals surface area contributed by atoms with Crippen LogP contribution in [0.3, 0.4) is 0 Å². The molecule has 0 amide bonds. The molecule has 0 unspecified atom stereocenters. The Kier molecular flexibility index (Phi) is 4.12. The molecule has 4 aromatic rings. The summed E-state index contributed by atoms with van der Waals surface area (Å²) in [6, 6.07) is 19.1. The van der Waals surface area contributed by atoms with Gasteiger partial charge in [0, 0.05) is 17.5 Å². The number of aromatic nitrogens is 2. The third-order valence-electron chi connectivity index (χ3n) is 5.08. The van der Waals surface area contributed by atoms with Gasteiger partial charge in [-0.05, 0) is 43.7 Å². The van der Waals surface area contributed by atoms with E-state index in [1.807, 2.05) is 29.5 Å². The summed E-state index contributed by atoms with van der Waals surface area (Å²) in [4.78, 5) is 12.0. The van der Waals surface area contributed by atoms with Crippen molar-refractivity contribution in [3.05, 3.63) is 70.3 Å². The van der Waals surface area contributed by atoms with Crippen molar-refractivity contribution < 1.29 is 0 Å². The van der Waals surface area contributed by atoms with Gasteiger partial charge in [-0.1, -0.05) is 41.9 Å². The summed E-state index contributed by atoms with van der Waals surface area (Å²) in [7, 11) is 0. The minimum atomic E-state index is 0.370. The molecule has 2 aromatic heterocycles. The highest BCUT2D eigenvalue weighted by Gasteiger charge is 2.29. The zero-order valence-electron chi connectivity index (χ0n) is 14.2. The second-order valence-corrected chi connectivity index (χ2v) is 8.20. The molecule has 5 rings (SSSR count). The average Bonchev–Trinajstić information content (AvgIpc) is 3.28. The zero-order chi connectivity index (χ0) is 17.5. The highest BCUT2D eigenvalue weighted by molar-refractivity contribution is 7.18. The highest BCUT2D eigenvalue weighted by Crippen LogP contribution is 2.38. The normalized spacial score (nSPS) is 18.1. The van der Waals surface area contributed by atoms with E-state index >= 15 is 0 Å².